The van der Waals surface area contributed by atoms with E-state index in [1.807, 2.05) is 36.4 Å². The molecule has 2 bridgehead atoms. The number of alkyl halides is 3. The molecule has 9 unspecified atom stereocenters. The first-order chi connectivity index (χ1) is 24.6. The fourth-order valence-electron chi connectivity index (χ4n) is 11.7. The van der Waals surface area contributed by atoms with Crippen molar-refractivity contribution in [3.63, 3.8) is 0 Å². The fraction of sp³-hybridized carbons (Fsp3) is 0.605. The van der Waals surface area contributed by atoms with Gasteiger partial charge >= 0.3 is 6.18 Å². The number of ketones is 1. The lowest BCUT2D eigenvalue weighted by atomic mass is 9.32. The maximum Gasteiger partial charge on any atom is 0.416 e. The number of aliphatic hydroxyl groups is 3. The molecule has 3 fully saturated rings. The molecule has 6 aliphatic rings. The highest BCUT2D eigenvalue weighted by Crippen LogP contribution is 2.78. The third-order valence-electron chi connectivity index (χ3n) is 14.3. The van der Waals surface area contributed by atoms with Gasteiger partial charge in [0.25, 0.3) is 0 Å². The van der Waals surface area contributed by atoms with Gasteiger partial charge in [-0.05, 0) is 92.9 Å². The summed E-state index contributed by atoms with van der Waals surface area (Å²) in [4.78, 5) is 16.9. The summed E-state index contributed by atoms with van der Waals surface area (Å²) in [5, 5.41) is 34.9. The maximum absolute atomic E-state index is 14.7. The Balaban J connectivity index is 1.20. The number of halogens is 3. The van der Waals surface area contributed by atoms with E-state index in [0.717, 1.165) is 43.4 Å². The molecule has 2 spiro atoms. The number of rotatable bonds is 12. The Kier molecular flexibility index (Phi) is 9.72. The van der Waals surface area contributed by atoms with Crippen LogP contribution in [-0.2, 0) is 17.5 Å². The van der Waals surface area contributed by atoms with Crippen LogP contribution in [0, 0.1) is 33.5 Å². The molecule has 282 valence electrons. The summed E-state index contributed by atoms with van der Waals surface area (Å²) in [7, 11) is 0. The van der Waals surface area contributed by atoms with Gasteiger partial charge in [0.1, 0.15) is 0 Å². The van der Waals surface area contributed by atoms with Gasteiger partial charge in [0.05, 0.1) is 36.6 Å². The Morgan fingerprint density at radius 2 is 1.69 bits per heavy atom. The summed E-state index contributed by atoms with van der Waals surface area (Å²) in [6.07, 6.45) is 6.01. The van der Waals surface area contributed by atoms with Crippen molar-refractivity contribution in [1.82, 2.24) is 4.90 Å². The van der Waals surface area contributed by atoms with E-state index >= 15 is 0 Å². The number of carbonyl (C=O) groups excluding carboxylic acids is 1. The normalized spacial score (nSPS) is 37.0. The Hall–Kier alpha value is -2.82. The number of hydrogen-bond donors (Lipinski definition) is 3. The van der Waals surface area contributed by atoms with Crippen LogP contribution in [0.4, 0.5) is 13.2 Å². The molecule has 0 saturated heterocycles. The van der Waals surface area contributed by atoms with E-state index < -0.39 is 51.6 Å². The summed E-state index contributed by atoms with van der Waals surface area (Å²) < 4.78 is 47.4. The van der Waals surface area contributed by atoms with Gasteiger partial charge in [-0.2, -0.15) is 13.2 Å². The lowest BCUT2D eigenvalue weighted by Gasteiger charge is -2.71. The smallest absolute Gasteiger partial charge is 0.393 e. The number of aliphatic hydroxyl groups excluding tert-OH is 2. The molecule has 9 heteroatoms. The van der Waals surface area contributed by atoms with Gasteiger partial charge < -0.3 is 20.1 Å². The van der Waals surface area contributed by atoms with Gasteiger partial charge in [0, 0.05) is 40.5 Å². The molecular weight excluding hydrogens is 667 g/mol. The minimum atomic E-state index is -4.58. The van der Waals surface area contributed by atoms with Crippen molar-refractivity contribution in [2.45, 2.75) is 103 Å². The number of nitrogens with zero attached hydrogens (tertiary/aromatic N) is 1. The zero-order valence-electron chi connectivity index (χ0n) is 30.7. The monoisotopic (exact) mass is 721 g/mol. The average Bonchev–Trinajstić information content (AvgIpc) is 3.37. The Bertz CT molecular complexity index is 1710. The van der Waals surface area contributed by atoms with Crippen molar-refractivity contribution in [2.24, 2.45) is 33.5 Å². The maximum atomic E-state index is 14.7. The number of benzene rings is 2. The van der Waals surface area contributed by atoms with Gasteiger partial charge in [-0.1, -0.05) is 81.5 Å². The van der Waals surface area contributed by atoms with E-state index in [1.54, 1.807) is 0 Å². The number of carbonyl (C=O) groups is 1. The Labute approximate surface area is 305 Å². The Morgan fingerprint density at radius 3 is 2.42 bits per heavy atom. The first kappa shape index (κ1) is 37.5. The largest absolute Gasteiger partial charge is 0.416 e. The highest BCUT2D eigenvalue weighted by atomic mass is 19.4. The van der Waals surface area contributed by atoms with Crippen LogP contribution in [-0.4, -0.2) is 70.1 Å². The molecule has 8 rings (SSSR count). The third kappa shape index (κ3) is 5.94. The van der Waals surface area contributed by atoms with E-state index in [4.69, 9.17) is 4.74 Å². The van der Waals surface area contributed by atoms with Crippen LogP contribution in [0.3, 0.4) is 0 Å². The van der Waals surface area contributed by atoms with Gasteiger partial charge in [-0.25, -0.2) is 0 Å². The summed E-state index contributed by atoms with van der Waals surface area (Å²) >= 11 is 0. The van der Waals surface area contributed by atoms with Crippen LogP contribution in [0.25, 0.3) is 0 Å². The van der Waals surface area contributed by atoms with Crippen molar-refractivity contribution in [3.8, 4) is 0 Å². The lowest BCUT2D eigenvalue weighted by molar-refractivity contribution is -0.177. The first-order valence-corrected chi connectivity index (χ1v) is 19.2. The summed E-state index contributed by atoms with van der Waals surface area (Å²) in [5.41, 5.74) is -2.61. The third-order valence-corrected chi connectivity index (χ3v) is 14.3. The van der Waals surface area contributed by atoms with E-state index in [0.29, 0.717) is 57.5 Å². The van der Waals surface area contributed by atoms with Crippen LogP contribution in [0.15, 0.2) is 78.4 Å². The molecule has 0 heterocycles. The number of Topliss-reactive ketones (excluding diaryl/α,β-unsaturated/α-hetero) is 1. The van der Waals surface area contributed by atoms with Crippen LogP contribution in [0.5, 0.6) is 0 Å². The highest BCUT2D eigenvalue weighted by molar-refractivity contribution is 6.10. The zero-order chi connectivity index (χ0) is 37.2. The number of allylic oxidation sites excluding steroid dienone is 4. The molecule has 0 amide bonds. The van der Waals surface area contributed by atoms with E-state index in [9.17, 15) is 33.3 Å². The fourth-order valence-corrected chi connectivity index (χ4v) is 11.7. The van der Waals surface area contributed by atoms with Crippen LogP contribution < -0.4 is 0 Å². The molecule has 52 heavy (non-hydrogen) atoms. The molecule has 0 aromatic heterocycles. The molecule has 6 aliphatic carbocycles. The highest BCUT2D eigenvalue weighted by Gasteiger charge is 2.74. The van der Waals surface area contributed by atoms with E-state index in [1.165, 1.54) is 12.1 Å². The predicted octanol–water partition coefficient (Wildman–Crippen LogP) is 7.77. The summed E-state index contributed by atoms with van der Waals surface area (Å²) in [5.74, 6) is -0.499. The van der Waals surface area contributed by atoms with Crippen LogP contribution in [0.2, 0.25) is 0 Å². The first-order valence-electron chi connectivity index (χ1n) is 19.2. The van der Waals surface area contributed by atoms with Crippen molar-refractivity contribution in [3.05, 3.63) is 95.1 Å². The van der Waals surface area contributed by atoms with Crippen molar-refractivity contribution < 1.29 is 38.0 Å². The second kappa shape index (κ2) is 13.5. The minimum absolute atomic E-state index is 0.0164. The van der Waals surface area contributed by atoms with E-state index in [-0.39, 0.29) is 29.4 Å². The van der Waals surface area contributed by atoms with E-state index in [2.05, 4.69) is 37.8 Å². The second-order valence-electron chi connectivity index (χ2n) is 17.1. The van der Waals surface area contributed by atoms with Gasteiger partial charge in [-0.3, -0.25) is 9.69 Å². The van der Waals surface area contributed by atoms with Crippen LogP contribution >= 0.6 is 0 Å². The van der Waals surface area contributed by atoms with Gasteiger partial charge in [0.2, 0.25) is 0 Å². The van der Waals surface area contributed by atoms with Gasteiger partial charge in [-0.15, -0.1) is 0 Å². The summed E-state index contributed by atoms with van der Waals surface area (Å²) in [6.45, 7) is 8.50. The zero-order valence-corrected chi connectivity index (χ0v) is 30.7. The molecule has 6 nitrogen and oxygen atoms in total. The standard InChI is InChI=1S/C43H54F3NO5/c1-4-21-47(25-33(49)27-52-26-29-9-6-5-7-10-29)28-41(51)18-15-36-39(41,3)17-14-35-38(2)16-13-32(48)23-40(38)19-20-42(35,36)34(24-40)37(50)30-11-8-12-31(22-30)43(44,45)46/h5-12,19-20,22,24,32-33,35-36,48-49,51H,4,13-18,21,23,25-28H2,1-3H3. The van der Waals surface area contributed by atoms with Crippen molar-refractivity contribution in [1.29, 1.82) is 0 Å². The molecular formula is C43H54F3NO5. The molecule has 2 aromatic carbocycles. The molecule has 2 aromatic rings. The molecule has 0 radical (unpaired) electrons. The minimum Gasteiger partial charge on any atom is -0.393 e. The lowest BCUT2D eigenvalue weighted by Crippen LogP contribution is -2.67. The average molecular weight is 722 g/mol. The topological polar surface area (TPSA) is 90.2 Å². The predicted molar refractivity (Wildman–Crippen MR) is 193 cm³/mol. The quantitative estimate of drug-likeness (QED) is 0.153. The SMILES string of the molecule is CCCN(CC(O)COCc1ccccc1)CC1(O)CCC2C34C=CC5(C=C3C(=O)c3cccc(C(F)(F)F)c3)CC(O)CCC5(C)C4CCC21C. The summed E-state index contributed by atoms with van der Waals surface area (Å²) in [6, 6.07) is 14.6. The number of ether oxygens (including phenoxy) is 1. The Morgan fingerprint density at radius 1 is 0.981 bits per heavy atom. The molecule has 3 saturated carbocycles. The van der Waals surface area contributed by atoms with Crippen molar-refractivity contribution in [2.75, 3.05) is 26.2 Å². The molecule has 3 N–H and O–H groups in total. The van der Waals surface area contributed by atoms with Gasteiger partial charge in [0.15, 0.2) is 5.78 Å². The van der Waals surface area contributed by atoms with Crippen LogP contribution in [0.1, 0.15) is 93.6 Å². The number of fused-ring (bicyclic) bond motifs is 1. The molecule has 9 atom stereocenters. The number of hydrogen-bond acceptors (Lipinski definition) is 6. The van der Waals surface area contributed by atoms with Crippen molar-refractivity contribution >= 4 is 5.78 Å². The molecule has 0 aliphatic heterocycles. The second-order valence-corrected chi connectivity index (χ2v) is 17.1.